The van der Waals surface area contributed by atoms with Crippen LogP contribution in [0, 0.1) is 0 Å². The molecule has 35 heavy (non-hydrogen) atoms. The minimum atomic E-state index is -1.13. The van der Waals surface area contributed by atoms with Crippen LogP contribution in [0.4, 0.5) is 5.82 Å². The molecular formula is C23H19Cl2N3O7. The van der Waals surface area contributed by atoms with Gasteiger partial charge in [0, 0.05) is 0 Å². The van der Waals surface area contributed by atoms with E-state index in [2.05, 4.69) is 4.74 Å². The van der Waals surface area contributed by atoms with Crippen LogP contribution in [0.15, 0.2) is 58.1 Å². The molecule has 0 amide bonds. The van der Waals surface area contributed by atoms with Crippen molar-refractivity contribution in [1.29, 1.82) is 0 Å². The third-order valence-corrected chi connectivity index (χ3v) is 5.58. The quantitative estimate of drug-likeness (QED) is 0.352. The van der Waals surface area contributed by atoms with Crippen LogP contribution in [0.2, 0.25) is 10.0 Å². The molecule has 0 saturated heterocycles. The van der Waals surface area contributed by atoms with Crippen LogP contribution in [-0.4, -0.2) is 40.6 Å². The fourth-order valence-electron chi connectivity index (χ4n) is 3.20. The average molecular weight is 520 g/mol. The molecule has 2 aromatic carbocycles. The molecule has 0 aliphatic heterocycles. The molecule has 0 radical (unpaired) electrons. The fraction of sp³-hybridized carbons (Fsp3) is 0.174. The van der Waals surface area contributed by atoms with Gasteiger partial charge in [-0.3, -0.25) is 19.0 Å². The summed E-state index contributed by atoms with van der Waals surface area (Å²) in [4.78, 5) is 63.2. The number of anilines is 1. The third-order valence-electron chi connectivity index (χ3n) is 4.95. The topological polar surface area (TPSA) is 140 Å². The zero-order valence-corrected chi connectivity index (χ0v) is 19.8. The van der Waals surface area contributed by atoms with Gasteiger partial charge in [0.25, 0.3) is 5.56 Å². The van der Waals surface area contributed by atoms with Crippen molar-refractivity contribution in [3.8, 4) is 0 Å². The van der Waals surface area contributed by atoms with Crippen LogP contribution >= 0.6 is 23.2 Å². The lowest BCUT2D eigenvalue weighted by Crippen LogP contribution is -2.46. The Morgan fingerprint density at radius 2 is 1.54 bits per heavy atom. The van der Waals surface area contributed by atoms with Crippen molar-refractivity contribution in [3.05, 3.63) is 96.1 Å². The minimum absolute atomic E-state index is 0.00584. The van der Waals surface area contributed by atoms with E-state index in [0.29, 0.717) is 10.1 Å². The van der Waals surface area contributed by atoms with Crippen LogP contribution in [0.25, 0.3) is 0 Å². The van der Waals surface area contributed by atoms with E-state index in [1.165, 1.54) is 18.2 Å². The molecule has 3 aromatic rings. The van der Waals surface area contributed by atoms with Gasteiger partial charge in [-0.1, -0.05) is 59.6 Å². The molecule has 0 aliphatic rings. The van der Waals surface area contributed by atoms with Gasteiger partial charge in [-0.25, -0.2) is 14.2 Å². The molecule has 0 aliphatic carbocycles. The second kappa shape index (κ2) is 11.0. The Bertz CT molecular complexity index is 1390. The number of carbonyl (C=O) groups is 3. The fourth-order valence-corrected chi connectivity index (χ4v) is 3.75. The standard InChI is InChI=1S/C23H19Cl2N3O7/c1-34-17(30)11-28-21(31)19(20(26)27(23(28)33)10-13-6-3-2-4-7-13)16(29)12-35-22(32)18-14(24)8-5-9-15(18)25/h2-9H,10-12,26H2,1H3. The Hall–Kier alpha value is -3.89. The van der Waals surface area contributed by atoms with Crippen molar-refractivity contribution in [2.75, 3.05) is 19.5 Å². The maximum atomic E-state index is 13.0. The number of hydrogen-bond acceptors (Lipinski definition) is 8. The Labute approximate surface area is 208 Å². The van der Waals surface area contributed by atoms with E-state index in [1.807, 2.05) is 0 Å². The Balaban J connectivity index is 2.01. The second-order valence-electron chi connectivity index (χ2n) is 7.18. The first-order valence-corrected chi connectivity index (χ1v) is 10.8. The van der Waals surface area contributed by atoms with Crippen molar-refractivity contribution in [2.24, 2.45) is 0 Å². The SMILES string of the molecule is COC(=O)Cn1c(=O)c(C(=O)COC(=O)c2c(Cl)cccc2Cl)c(N)n(Cc2ccccc2)c1=O. The number of nitrogens with zero attached hydrogens (tertiary/aromatic N) is 2. The zero-order chi connectivity index (χ0) is 25.7. The highest BCUT2D eigenvalue weighted by Gasteiger charge is 2.26. The highest BCUT2D eigenvalue weighted by Crippen LogP contribution is 2.25. The monoisotopic (exact) mass is 519 g/mol. The highest BCUT2D eigenvalue weighted by molar-refractivity contribution is 6.39. The van der Waals surface area contributed by atoms with E-state index < -0.39 is 53.5 Å². The summed E-state index contributed by atoms with van der Waals surface area (Å²) in [5, 5.41) is 0.0117. The van der Waals surface area contributed by atoms with Gasteiger partial charge in [0.05, 0.1) is 29.3 Å². The van der Waals surface area contributed by atoms with Crippen LogP contribution in [0.5, 0.6) is 0 Å². The number of hydrogen-bond donors (Lipinski definition) is 1. The molecule has 2 N–H and O–H groups in total. The highest BCUT2D eigenvalue weighted by atomic mass is 35.5. The molecule has 182 valence electrons. The Morgan fingerprint density at radius 1 is 0.914 bits per heavy atom. The Morgan fingerprint density at radius 3 is 2.14 bits per heavy atom. The largest absolute Gasteiger partial charge is 0.468 e. The van der Waals surface area contributed by atoms with Gasteiger partial charge >= 0.3 is 17.6 Å². The van der Waals surface area contributed by atoms with Crippen molar-refractivity contribution in [2.45, 2.75) is 13.1 Å². The predicted octanol–water partition coefficient (Wildman–Crippen LogP) is 2.16. The summed E-state index contributed by atoms with van der Waals surface area (Å²) in [6.07, 6.45) is 0. The van der Waals surface area contributed by atoms with Gasteiger partial charge < -0.3 is 15.2 Å². The van der Waals surface area contributed by atoms with E-state index in [9.17, 15) is 24.0 Å². The van der Waals surface area contributed by atoms with Crippen molar-refractivity contribution in [1.82, 2.24) is 9.13 Å². The Kier molecular flexibility index (Phi) is 8.10. The van der Waals surface area contributed by atoms with Crippen LogP contribution in [-0.2, 0) is 27.4 Å². The molecular weight excluding hydrogens is 501 g/mol. The molecule has 0 fully saturated rings. The third kappa shape index (κ3) is 5.61. The van der Waals surface area contributed by atoms with E-state index in [-0.39, 0.29) is 22.2 Å². The van der Waals surface area contributed by atoms with E-state index in [0.717, 1.165) is 11.7 Å². The number of nitrogen functional groups attached to an aromatic ring is 1. The van der Waals surface area contributed by atoms with Crippen molar-refractivity contribution in [3.63, 3.8) is 0 Å². The van der Waals surface area contributed by atoms with Gasteiger partial charge in [0.1, 0.15) is 17.9 Å². The minimum Gasteiger partial charge on any atom is -0.468 e. The van der Waals surface area contributed by atoms with E-state index >= 15 is 0 Å². The smallest absolute Gasteiger partial charge is 0.341 e. The number of carbonyl (C=O) groups excluding carboxylic acids is 3. The number of methoxy groups -OCH3 is 1. The van der Waals surface area contributed by atoms with Crippen LogP contribution in [0.1, 0.15) is 26.3 Å². The summed E-state index contributed by atoms with van der Waals surface area (Å²) in [5.74, 6) is -3.33. The van der Waals surface area contributed by atoms with Crippen LogP contribution < -0.4 is 17.0 Å². The molecule has 10 nitrogen and oxygen atoms in total. The molecule has 3 rings (SSSR count). The van der Waals surface area contributed by atoms with Gasteiger partial charge in [0.2, 0.25) is 5.78 Å². The van der Waals surface area contributed by atoms with Crippen molar-refractivity contribution < 1.29 is 23.9 Å². The van der Waals surface area contributed by atoms with E-state index in [1.54, 1.807) is 30.3 Å². The number of esters is 2. The van der Waals surface area contributed by atoms with Gasteiger partial charge in [-0.15, -0.1) is 0 Å². The number of halogens is 2. The normalized spacial score (nSPS) is 10.6. The first kappa shape index (κ1) is 25.7. The number of benzene rings is 2. The maximum absolute atomic E-state index is 13.0. The first-order chi connectivity index (χ1) is 16.6. The lowest BCUT2D eigenvalue weighted by atomic mass is 10.1. The van der Waals surface area contributed by atoms with Crippen LogP contribution in [0.3, 0.4) is 0 Å². The molecule has 0 saturated carbocycles. The summed E-state index contributed by atoms with van der Waals surface area (Å²) >= 11 is 12.0. The number of rotatable bonds is 8. The summed E-state index contributed by atoms with van der Waals surface area (Å²) in [6, 6.07) is 13.0. The lowest BCUT2D eigenvalue weighted by Gasteiger charge is -2.16. The van der Waals surface area contributed by atoms with Gasteiger partial charge in [-0.05, 0) is 17.7 Å². The van der Waals surface area contributed by atoms with Gasteiger partial charge in [0.15, 0.2) is 6.61 Å². The van der Waals surface area contributed by atoms with Gasteiger partial charge in [-0.2, -0.15) is 0 Å². The summed E-state index contributed by atoms with van der Waals surface area (Å²) < 4.78 is 11.1. The molecule has 0 atom stereocenters. The maximum Gasteiger partial charge on any atom is 0.341 e. The number of Topliss-reactive ketones (excluding diaryl/α,β-unsaturated/α-hetero) is 1. The summed E-state index contributed by atoms with van der Waals surface area (Å²) in [7, 11) is 1.08. The number of aromatic nitrogens is 2. The molecule has 1 aromatic heterocycles. The summed E-state index contributed by atoms with van der Waals surface area (Å²) in [6.45, 7) is -1.75. The number of ether oxygens (including phenoxy) is 2. The average Bonchev–Trinajstić information content (AvgIpc) is 2.83. The second-order valence-corrected chi connectivity index (χ2v) is 7.99. The number of ketones is 1. The van der Waals surface area contributed by atoms with E-state index in [4.69, 9.17) is 33.7 Å². The molecule has 0 unspecified atom stereocenters. The predicted molar refractivity (Wildman–Crippen MR) is 128 cm³/mol. The molecule has 1 heterocycles. The molecule has 0 bridgehead atoms. The lowest BCUT2D eigenvalue weighted by molar-refractivity contribution is -0.141. The first-order valence-electron chi connectivity index (χ1n) is 10.0. The summed E-state index contributed by atoms with van der Waals surface area (Å²) in [5.41, 5.74) is 3.88. The zero-order valence-electron chi connectivity index (χ0n) is 18.3. The van der Waals surface area contributed by atoms with Crippen molar-refractivity contribution >= 4 is 46.7 Å². The molecule has 12 heteroatoms. The molecule has 0 spiro atoms. The number of nitrogens with two attached hydrogens (primary N) is 1.